The number of nitrogens with zero attached hydrogens (tertiary/aromatic N) is 2. The normalized spacial score (nSPS) is 21.7. The molecule has 2 fully saturated rings. The molecule has 2 aliphatic rings. The molecule has 2 heterocycles. The summed E-state index contributed by atoms with van der Waals surface area (Å²) in [6.07, 6.45) is 3.79. The minimum atomic E-state index is -3.32. The van der Waals surface area contributed by atoms with Gasteiger partial charge in [0.1, 0.15) is 0 Å². The fourth-order valence-corrected chi connectivity index (χ4v) is 4.46. The molecule has 6 heteroatoms. The maximum atomic E-state index is 12.6. The van der Waals surface area contributed by atoms with E-state index in [1.165, 1.54) is 11.1 Å². The number of benzene rings is 1. The van der Waals surface area contributed by atoms with Gasteiger partial charge in [-0.05, 0) is 18.4 Å². The molecule has 0 aliphatic carbocycles. The number of hydrogen-bond donors (Lipinski definition) is 0. The Morgan fingerprint density at radius 3 is 2.14 bits per heavy atom. The van der Waals surface area contributed by atoms with Crippen LogP contribution in [0, 0.1) is 0 Å². The summed E-state index contributed by atoms with van der Waals surface area (Å²) in [7, 11) is -3.32. The van der Waals surface area contributed by atoms with Gasteiger partial charge in [0, 0.05) is 26.2 Å². The minimum absolute atomic E-state index is 0.464. The molecule has 0 aromatic heterocycles. The molecule has 0 unspecified atom stereocenters. The Bertz CT molecular complexity index is 612. The van der Waals surface area contributed by atoms with Gasteiger partial charge in [0.05, 0.1) is 13.2 Å². The number of ether oxygens (including phenoxy) is 1. The van der Waals surface area contributed by atoms with Crippen molar-refractivity contribution in [1.82, 2.24) is 8.61 Å². The van der Waals surface area contributed by atoms with Crippen molar-refractivity contribution in [3.8, 4) is 0 Å². The summed E-state index contributed by atoms with van der Waals surface area (Å²) in [6, 6.07) is 10.2. The standard InChI is InChI=1S/C16H22N2O3S/c19-22(20,18-10-12-21-13-11-18)17-8-6-16(7-9-17)14-15-4-2-1-3-5-15/h1-5,14H,6-13H2. The van der Waals surface area contributed by atoms with E-state index in [0.29, 0.717) is 39.4 Å². The Kier molecular flexibility index (Phi) is 4.93. The van der Waals surface area contributed by atoms with Crippen LogP contribution in [0.1, 0.15) is 18.4 Å². The highest BCUT2D eigenvalue weighted by atomic mass is 32.2. The van der Waals surface area contributed by atoms with Gasteiger partial charge in [-0.1, -0.05) is 42.0 Å². The molecule has 0 N–H and O–H groups in total. The number of rotatable bonds is 3. The second-order valence-electron chi connectivity index (χ2n) is 5.63. The molecule has 22 heavy (non-hydrogen) atoms. The van der Waals surface area contributed by atoms with Crippen LogP contribution < -0.4 is 0 Å². The predicted molar refractivity (Wildman–Crippen MR) is 86.5 cm³/mol. The van der Waals surface area contributed by atoms with Gasteiger partial charge in [-0.25, -0.2) is 0 Å². The first-order valence-corrected chi connectivity index (χ1v) is 9.13. The van der Waals surface area contributed by atoms with Gasteiger partial charge in [-0.15, -0.1) is 0 Å². The molecule has 0 bridgehead atoms. The number of morpholine rings is 1. The molecule has 3 rings (SSSR count). The van der Waals surface area contributed by atoms with Crippen LogP contribution in [-0.4, -0.2) is 56.4 Å². The Morgan fingerprint density at radius 2 is 1.50 bits per heavy atom. The fourth-order valence-electron chi connectivity index (χ4n) is 2.87. The molecule has 120 valence electrons. The Hall–Kier alpha value is -1.21. The van der Waals surface area contributed by atoms with Crippen molar-refractivity contribution in [2.24, 2.45) is 0 Å². The SMILES string of the molecule is O=S(=O)(N1CCOCC1)N1CCC(=Cc2ccccc2)CC1. The summed E-state index contributed by atoms with van der Waals surface area (Å²) in [5, 5.41) is 0. The molecule has 0 radical (unpaired) electrons. The highest BCUT2D eigenvalue weighted by molar-refractivity contribution is 7.86. The molecule has 2 saturated heterocycles. The van der Waals surface area contributed by atoms with Gasteiger partial charge < -0.3 is 4.74 Å². The minimum Gasteiger partial charge on any atom is -0.379 e. The molecule has 2 aliphatic heterocycles. The molecule has 0 atom stereocenters. The van der Waals surface area contributed by atoms with Crippen LogP contribution in [0.3, 0.4) is 0 Å². The summed E-state index contributed by atoms with van der Waals surface area (Å²) < 4.78 is 33.6. The van der Waals surface area contributed by atoms with Crippen LogP contribution in [0.2, 0.25) is 0 Å². The second kappa shape index (κ2) is 6.91. The third kappa shape index (κ3) is 3.57. The van der Waals surface area contributed by atoms with Gasteiger partial charge >= 0.3 is 0 Å². The lowest BCUT2D eigenvalue weighted by Gasteiger charge is -2.34. The van der Waals surface area contributed by atoms with Crippen LogP contribution in [0.5, 0.6) is 0 Å². The van der Waals surface area contributed by atoms with Crippen LogP contribution >= 0.6 is 0 Å². The molecule has 5 nitrogen and oxygen atoms in total. The van der Waals surface area contributed by atoms with Crippen molar-refractivity contribution in [2.75, 3.05) is 39.4 Å². The Labute approximate surface area is 132 Å². The summed E-state index contributed by atoms with van der Waals surface area (Å²) >= 11 is 0. The second-order valence-corrected chi connectivity index (χ2v) is 7.56. The molecular formula is C16H22N2O3S. The lowest BCUT2D eigenvalue weighted by molar-refractivity contribution is 0.0700. The van der Waals surface area contributed by atoms with Crippen LogP contribution in [0.25, 0.3) is 6.08 Å². The Morgan fingerprint density at radius 1 is 0.909 bits per heavy atom. The van der Waals surface area contributed by atoms with E-state index >= 15 is 0 Å². The molecular weight excluding hydrogens is 300 g/mol. The first-order chi connectivity index (χ1) is 10.7. The van der Waals surface area contributed by atoms with Gasteiger partial charge in [0.15, 0.2) is 0 Å². The number of hydrogen-bond acceptors (Lipinski definition) is 3. The van der Waals surface area contributed by atoms with Gasteiger partial charge in [0.2, 0.25) is 0 Å². The topological polar surface area (TPSA) is 49.9 Å². The molecule has 1 aromatic rings. The molecule has 1 aromatic carbocycles. The van der Waals surface area contributed by atoms with E-state index in [-0.39, 0.29) is 0 Å². The molecule has 0 spiro atoms. The van der Waals surface area contributed by atoms with E-state index in [4.69, 9.17) is 4.74 Å². The zero-order valence-electron chi connectivity index (χ0n) is 12.6. The summed E-state index contributed by atoms with van der Waals surface area (Å²) in [5.41, 5.74) is 2.50. The van der Waals surface area contributed by atoms with E-state index in [1.54, 1.807) is 8.61 Å². The van der Waals surface area contributed by atoms with E-state index in [2.05, 4.69) is 18.2 Å². The Balaban J connectivity index is 1.62. The van der Waals surface area contributed by atoms with Crippen LogP contribution in [-0.2, 0) is 14.9 Å². The smallest absolute Gasteiger partial charge is 0.282 e. The summed E-state index contributed by atoms with van der Waals surface area (Å²) in [5.74, 6) is 0. The zero-order valence-corrected chi connectivity index (χ0v) is 13.5. The van der Waals surface area contributed by atoms with Crippen molar-refractivity contribution < 1.29 is 13.2 Å². The van der Waals surface area contributed by atoms with Crippen molar-refractivity contribution in [1.29, 1.82) is 0 Å². The highest BCUT2D eigenvalue weighted by Gasteiger charge is 2.32. The average Bonchev–Trinajstić information content (AvgIpc) is 2.57. The van der Waals surface area contributed by atoms with E-state index in [0.717, 1.165) is 12.8 Å². The molecule has 0 amide bonds. The fraction of sp³-hybridized carbons (Fsp3) is 0.500. The lowest BCUT2D eigenvalue weighted by Crippen LogP contribution is -2.50. The first kappa shape index (κ1) is 15.7. The quantitative estimate of drug-likeness (QED) is 0.852. The predicted octanol–water partition coefficient (Wildman–Crippen LogP) is 1.74. The lowest BCUT2D eigenvalue weighted by atomic mass is 10.0. The van der Waals surface area contributed by atoms with Crippen molar-refractivity contribution in [3.63, 3.8) is 0 Å². The zero-order chi connectivity index (χ0) is 15.4. The van der Waals surface area contributed by atoms with Gasteiger partial charge in [-0.2, -0.15) is 17.0 Å². The van der Waals surface area contributed by atoms with Crippen molar-refractivity contribution in [3.05, 3.63) is 41.5 Å². The third-order valence-corrected chi connectivity index (χ3v) is 6.19. The third-order valence-electron chi connectivity index (χ3n) is 4.16. The maximum Gasteiger partial charge on any atom is 0.282 e. The highest BCUT2D eigenvalue weighted by Crippen LogP contribution is 2.23. The largest absolute Gasteiger partial charge is 0.379 e. The molecule has 0 saturated carbocycles. The van der Waals surface area contributed by atoms with Gasteiger partial charge in [0.25, 0.3) is 10.2 Å². The van der Waals surface area contributed by atoms with Crippen LogP contribution in [0.15, 0.2) is 35.9 Å². The monoisotopic (exact) mass is 322 g/mol. The average molecular weight is 322 g/mol. The van der Waals surface area contributed by atoms with Gasteiger partial charge in [-0.3, -0.25) is 0 Å². The first-order valence-electron chi connectivity index (χ1n) is 7.74. The number of piperidine rings is 1. The van der Waals surface area contributed by atoms with E-state index in [1.807, 2.05) is 18.2 Å². The maximum absolute atomic E-state index is 12.6. The van der Waals surface area contributed by atoms with E-state index in [9.17, 15) is 8.42 Å². The van der Waals surface area contributed by atoms with E-state index < -0.39 is 10.2 Å². The summed E-state index contributed by atoms with van der Waals surface area (Å²) in [4.78, 5) is 0. The summed E-state index contributed by atoms with van der Waals surface area (Å²) in [6.45, 7) is 3.05. The van der Waals surface area contributed by atoms with Crippen molar-refractivity contribution >= 4 is 16.3 Å². The van der Waals surface area contributed by atoms with Crippen molar-refractivity contribution in [2.45, 2.75) is 12.8 Å². The van der Waals surface area contributed by atoms with Crippen LogP contribution in [0.4, 0.5) is 0 Å².